The van der Waals surface area contributed by atoms with Crippen molar-refractivity contribution in [1.82, 2.24) is 9.62 Å². The number of hydrogen-bond donors (Lipinski definition) is 1. The van der Waals surface area contributed by atoms with Gasteiger partial charge in [-0.1, -0.05) is 23.7 Å². The van der Waals surface area contributed by atoms with Crippen molar-refractivity contribution in [3.63, 3.8) is 0 Å². The summed E-state index contributed by atoms with van der Waals surface area (Å²) in [7, 11) is -1.09. The zero-order valence-corrected chi connectivity index (χ0v) is 19.3. The number of carbonyl (C=O) groups is 2. The summed E-state index contributed by atoms with van der Waals surface area (Å²) in [6, 6.07) is 10.5. The molecule has 1 amide bonds. The lowest BCUT2D eigenvalue weighted by molar-refractivity contribution is -0.134. The summed E-state index contributed by atoms with van der Waals surface area (Å²) in [6.45, 7) is 3.23. The van der Waals surface area contributed by atoms with Gasteiger partial charge in [-0.3, -0.25) is 4.79 Å². The summed E-state index contributed by atoms with van der Waals surface area (Å²) in [6.07, 6.45) is 0. The third-order valence-electron chi connectivity index (χ3n) is 4.56. The minimum absolute atomic E-state index is 0.0207. The first-order valence-electron chi connectivity index (χ1n) is 9.40. The average molecular weight is 469 g/mol. The van der Waals surface area contributed by atoms with Crippen LogP contribution < -0.4 is 9.46 Å². The van der Waals surface area contributed by atoms with Gasteiger partial charge in [-0.2, -0.15) is 0 Å². The molecule has 2 aromatic carbocycles. The van der Waals surface area contributed by atoms with Gasteiger partial charge in [0.2, 0.25) is 10.0 Å². The third-order valence-corrected chi connectivity index (χ3v) is 6.24. The number of amides is 1. The molecule has 0 saturated carbocycles. The number of ether oxygens (including phenoxy) is 2. The molecule has 0 aliphatic rings. The van der Waals surface area contributed by atoms with Gasteiger partial charge in [0.05, 0.1) is 12.7 Å². The Kier molecular flexibility index (Phi) is 8.43. The lowest BCUT2D eigenvalue weighted by Gasteiger charge is -2.21. The van der Waals surface area contributed by atoms with E-state index in [0.717, 1.165) is 6.07 Å². The van der Waals surface area contributed by atoms with Crippen LogP contribution in [0.4, 0.5) is 0 Å². The number of esters is 1. The van der Waals surface area contributed by atoms with Gasteiger partial charge in [0.15, 0.2) is 6.61 Å². The van der Waals surface area contributed by atoms with Crippen molar-refractivity contribution in [3.8, 4) is 5.75 Å². The van der Waals surface area contributed by atoms with E-state index in [1.54, 1.807) is 31.3 Å². The van der Waals surface area contributed by atoms with Gasteiger partial charge in [-0.05, 0) is 49.7 Å². The van der Waals surface area contributed by atoms with E-state index in [4.69, 9.17) is 21.1 Å². The van der Waals surface area contributed by atoms with Crippen LogP contribution in [0.2, 0.25) is 5.02 Å². The van der Waals surface area contributed by atoms with Crippen molar-refractivity contribution in [2.75, 3.05) is 20.8 Å². The molecule has 168 valence electrons. The standard InChI is InChI=1S/C21H25ClN2O6S/c1-14(2)24(3)20(25)13-30-21(26)16-7-10-18(29-4)19(11-16)31(27,28)23-12-15-5-8-17(22)9-6-15/h5-11,14,23H,12-13H2,1-4H3. The predicted molar refractivity (Wildman–Crippen MR) is 117 cm³/mol. The second-order valence-corrected chi connectivity index (χ2v) is 9.16. The Morgan fingerprint density at radius 2 is 1.77 bits per heavy atom. The van der Waals surface area contributed by atoms with E-state index in [9.17, 15) is 18.0 Å². The van der Waals surface area contributed by atoms with Crippen molar-refractivity contribution in [3.05, 3.63) is 58.6 Å². The molecule has 8 nitrogen and oxygen atoms in total. The molecule has 1 N–H and O–H groups in total. The maximum Gasteiger partial charge on any atom is 0.338 e. The van der Waals surface area contributed by atoms with Gasteiger partial charge in [-0.15, -0.1) is 0 Å². The van der Waals surface area contributed by atoms with Gasteiger partial charge in [0.1, 0.15) is 10.6 Å². The number of likely N-dealkylation sites (N-methyl/N-ethyl adjacent to an activating group) is 1. The molecular weight excluding hydrogens is 444 g/mol. The number of nitrogens with zero attached hydrogens (tertiary/aromatic N) is 1. The van der Waals surface area contributed by atoms with Gasteiger partial charge in [0.25, 0.3) is 5.91 Å². The first-order valence-corrected chi connectivity index (χ1v) is 11.3. The highest BCUT2D eigenvalue weighted by Crippen LogP contribution is 2.25. The first kappa shape index (κ1) is 24.6. The van der Waals surface area contributed by atoms with Crippen molar-refractivity contribution in [2.45, 2.75) is 31.3 Å². The van der Waals surface area contributed by atoms with E-state index in [2.05, 4.69) is 4.72 Å². The van der Waals surface area contributed by atoms with Crippen molar-refractivity contribution >= 4 is 33.5 Å². The quantitative estimate of drug-likeness (QED) is 0.568. The Hall–Kier alpha value is -2.62. The number of nitrogens with one attached hydrogen (secondary N) is 1. The third kappa shape index (κ3) is 6.68. The topological polar surface area (TPSA) is 102 Å². The molecule has 2 rings (SSSR count). The molecule has 0 aliphatic heterocycles. The van der Waals surface area contributed by atoms with Crippen molar-refractivity contribution < 1.29 is 27.5 Å². The van der Waals surface area contributed by atoms with Gasteiger partial charge in [0, 0.05) is 24.7 Å². The van der Waals surface area contributed by atoms with E-state index in [-0.39, 0.29) is 34.7 Å². The van der Waals surface area contributed by atoms with Crippen molar-refractivity contribution in [2.24, 2.45) is 0 Å². The first-order chi connectivity index (χ1) is 14.5. The normalized spacial score (nSPS) is 11.3. The zero-order valence-electron chi connectivity index (χ0n) is 17.7. The highest BCUT2D eigenvalue weighted by Gasteiger charge is 2.23. The van der Waals surface area contributed by atoms with E-state index in [0.29, 0.717) is 10.6 Å². The Morgan fingerprint density at radius 1 is 1.13 bits per heavy atom. The molecule has 0 unspecified atom stereocenters. The SMILES string of the molecule is COc1ccc(C(=O)OCC(=O)N(C)C(C)C)cc1S(=O)(=O)NCc1ccc(Cl)cc1. The second kappa shape index (κ2) is 10.6. The largest absolute Gasteiger partial charge is 0.495 e. The van der Waals surface area contributed by atoms with Gasteiger partial charge in [-0.25, -0.2) is 17.9 Å². The minimum atomic E-state index is -4.01. The van der Waals surface area contributed by atoms with Crippen LogP contribution in [0.5, 0.6) is 5.75 Å². The monoisotopic (exact) mass is 468 g/mol. The Balaban J connectivity index is 2.17. The molecule has 31 heavy (non-hydrogen) atoms. The molecule has 0 heterocycles. The van der Waals surface area contributed by atoms with E-state index in [1.807, 2.05) is 13.8 Å². The van der Waals surface area contributed by atoms with Crippen LogP contribution in [-0.2, 0) is 26.1 Å². The number of carbonyl (C=O) groups excluding carboxylic acids is 2. The van der Waals surface area contributed by atoms with E-state index < -0.39 is 22.6 Å². The lowest BCUT2D eigenvalue weighted by atomic mass is 10.2. The molecule has 0 atom stereocenters. The maximum atomic E-state index is 12.8. The number of halogens is 1. The fraction of sp³-hybridized carbons (Fsp3) is 0.333. The molecule has 0 bridgehead atoms. The number of rotatable bonds is 9. The smallest absolute Gasteiger partial charge is 0.338 e. The van der Waals surface area contributed by atoms with E-state index in [1.165, 1.54) is 24.1 Å². The van der Waals surface area contributed by atoms with E-state index >= 15 is 0 Å². The molecule has 0 radical (unpaired) electrons. The molecule has 0 aromatic heterocycles. The Morgan fingerprint density at radius 3 is 2.35 bits per heavy atom. The minimum Gasteiger partial charge on any atom is -0.495 e. The number of hydrogen-bond acceptors (Lipinski definition) is 6. The number of sulfonamides is 1. The Labute approximate surface area is 187 Å². The lowest BCUT2D eigenvalue weighted by Crippen LogP contribution is -2.36. The van der Waals surface area contributed by atoms with Crippen LogP contribution in [0.25, 0.3) is 0 Å². The van der Waals surface area contributed by atoms with Crippen LogP contribution in [0.3, 0.4) is 0 Å². The van der Waals surface area contributed by atoms with Crippen molar-refractivity contribution in [1.29, 1.82) is 0 Å². The summed E-state index contributed by atoms with van der Waals surface area (Å²) >= 11 is 5.84. The number of benzene rings is 2. The summed E-state index contributed by atoms with van der Waals surface area (Å²) in [4.78, 5) is 25.6. The predicted octanol–water partition coefficient (Wildman–Crippen LogP) is 2.85. The van der Waals surface area contributed by atoms with Gasteiger partial charge < -0.3 is 14.4 Å². The van der Waals surface area contributed by atoms with Crippen LogP contribution in [0.15, 0.2) is 47.4 Å². The highest BCUT2D eigenvalue weighted by molar-refractivity contribution is 7.89. The molecule has 2 aromatic rings. The highest BCUT2D eigenvalue weighted by atomic mass is 35.5. The molecule has 0 saturated heterocycles. The Bertz CT molecular complexity index is 1040. The van der Waals surface area contributed by atoms with Crippen LogP contribution in [0, 0.1) is 0 Å². The molecular formula is C21H25ClN2O6S. The molecule has 0 aliphatic carbocycles. The van der Waals surface area contributed by atoms with Crippen LogP contribution >= 0.6 is 11.6 Å². The average Bonchev–Trinajstić information content (AvgIpc) is 2.75. The summed E-state index contributed by atoms with van der Waals surface area (Å²) in [5.41, 5.74) is 0.683. The maximum absolute atomic E-state index is 12.8. The zero-order chi connectivity index (χ0) is 23.2. The summed E-state index contributed by atoms with van der Waals surface area (Å²) < 4.78 is 38.3. The van der Waals surface area contributed by atoms with Crippen LogP contribution in [-0.4, -0.2) is 52.0 Å². The molecule has 10 heteroatoms. The fourth-order valence-electron chi connectivity index (χ4n) is 2.47. The fourth-order valence-corrected chi connectivity index (χ4v) is 3.81. The summed E-state index contributed by atoms with van der Waals surface area (Å²) in [5, 5.41) is 0.539. The molecule has 0 spiro atoms. The van der Waals surface area contributed by atoms with Gasteiger partial charge >= 0.3 is 5.97 Å². The summed E-state index contributed by atoms with van der Waals surface area (Å²) in [5.74, 6) is -1.12. The van der Waals surface area contributed by atoms with Crippen LogP contribution in [0.1, 0.15) is 29.8 Å². The second-order valence-electron chi connectivity index (χ2n) is 6.99. The molecule has 0 fully saturated rings. The number of methoxy groups -OCH3 is 1.